The summed E-state index contributed by atoms with van der Waals surface area (Å²) in [7, 11) is 0. The summed E-state index contributed by atoms with van der Waals surface area (Å²) < 4.78 is 31.5. The second-order valence-electron chi connectivity index (χ2n) is 7.66. The van der Waals surface area contributed by atoms with Gasteiger partial charge in [-0.05, 0) is 36.8 Å². The standard InChI is InChI=1S/C22H34F2O/c1-2-3-4-5-6-8-18-10-12-19(13-11-18)9-7-16-25-20-14-15-21(23)22(24)17-20/h14-15,17-19H,2-13,16H2,1H3. The van der Waals surface area contributed by atoms with Crippen LogP contribution in [-0.2, 0) is 0 Å². The lowest BCUT2D eigenvalue weighted by atomic mass is 9.78. The van der Waals surface area contributed by atoms with Crippen molar-refractivity contribution in [2.24, 2.45) is 11.8 Å². The number of benzene rings is 1. The summed E-state index contributed by atoms with van der Waals surface area (Å²) in [5.41, 5.74) is 0. The smallest absolute Gasteiger partial charge is 0.162 e. The van der Waals surface area contributed by atoms with Gasteiger partial charge < -0.3 is 4.74 Å². The van der Waals surface area contributed by atoms with E-state index in [1.165, 1.54) is 76.7 Å². The van der Waals surface area contributed by atoms with E-state index in [1.54, 1.807) is 0 Å². The van der Waals surface area contributed by atoms with Crippen LogP contribution in [-0.4, -0.2) is 6.61 Å². The van der Waals surface area contributed by atoms with E-state index in [2.05, 4.69) is 6.92 Å². The first-order chi connectivity index (χ1) is 12.2. The molecule has 1 aromatic carbocycles. The number of ether oxygens (including phenoxy) is 1. The van der Waals surface area contributed by atoms with E-state index in [4.69, 9.17) is 4.74 Å². The summed E-state index contributed by atoms with van der Waals surface area (Å²) in [6.45, 7) is 2.85. The highest BCUT2D eigenvalue weighted by Crippen LogP contribution is 2.34. The molecule has 1 aliphatic carbocycles. The number of rotatable bonds is 11. The van der Waals surface area contributed by atoms with Crippen LogP contribution >= 0.6 is 0 Å². The summed E-state index contributed by atoms with van der Waals surface area (Å²) in [6.07, 6.45) is 16.0. The average Bonchev–Trinajstić information content (AvgIpc) is 2.62. The Hall–Kier alpha value is -1.12. The van der Waals surface area contributed by atoms with Crippen LogP contribution in [0, 0.1) is 23.5 Å². The molecule has 1 aromatic rings. The lowest BCUT2D eigenvalue weighted by Gasteiger charge is -2.28. The predicted octanol–water partition coefficient (Wildman–Crippen LogP) is 7.29. The largest absolute Gasteiger partial charge is 0.493 e. The van der Waals surface area contributed by atoms with Gasteiger partial charge in [-0.1, -0.05) is 71.1 Å². The van der Waals surface area contributed by atoms with Crippen LogP contribution < -0.4 is 4.74 Å². The highest BCUT2D eigenvalue weighted by Gasteiger charge is 2.20. The molecule has 0 N–H and O–H groups in total. The number of halogens is 2. The van der Waals surface area contributed by atoms with E-state index in [0.29, 0.717) is 12.4 Å². The minimum absolute atomic E-state index is 0.422. The summed E-state index contributed by atoms with van der Waals surface area (Å²) in [5, 5.41) is 0. The Kier molecular flexibility index (Phi) is 9.28. The van der Waals surface area contributed by atoms with Crippen LogP contribution in [0.4, 0.5) is 8.78 Å². The zero-order valence-electron chi connectivity index (χ0n) is 15.7. The van der Waals surface area contributed by atoms with Crippen LogP contribution in [0.2, 0.25) is 0 Å². The quantitative estimate of drug-likeness (QED) is 0.380. The van der Waals surface area contributed by atoms with Gasteiger partial charge in [-0.2, -0.15) is 0 Å². The van der Waals surface area contributed by atoms with Crippen molar-refractivity contribution in [2.75, 3.05) is 6.61 Å². The molecule has 1 saturated carbocycles. The summed E-state index contributed by atoms with van der Waals surface area (Å²) in [5.74, 6) is 0.534. The first-order valence-corrected chi connectivity index (χ1v) is 10.3. The Morgan fingerprint density at radius 2 is 1.48 bits per heavy atom. The molecule has 0 aromatic heterocycles. The number of unbranched alkanes of at least 4 members (excludes halogenated alkanes) is 4. The van der Waals surface area contributed by atoms with Crippen molar-refractivity contribution in [3.05, 3.63) is 29.8 Å². The minimum atomic E-state index is -0.842. The fourth-order valence-corrected chi connectivity index (χ4v) is 3.97. The maximum Gasteiger partial charge on any atom is 0.162 e. The summed E-state index contributed by atoms with van der Waals surface area (Å²) in [6, 6.07) is 3.74. The molecule has 0 aliphatic heterocycles. The fourth-order valence-electron chi connectivity index (χ4n) is 3.97. The number of hydrogen-bond acceptors (Lipinski definition) is 1. The molecule has 3 heteroatoms. The summed E-state index contributed by atoms with van der Waals surface area (Å²) in [4.78, 5) is 0. The van der Waals surface area contributed by atoms with Crippen molar-refractivity contribution < 1.29 is 13.5 Å². The van der Waals surface area contributed by atoms with E-state index in [-0.39, 0.29) is 0 Å². The third-order valence-corrected chi connectivity index (χ3v) is 5.60. The lowest BCUT2D eigenvalue weighted by molar-refractivity contribution is 0.227. The van der Waals surface area contributed by atoms with Crippen molar-refractivity contribution in [3.63, 3.8) is 0 Å². The third kappa shape index (κ3) is 7.75. The Balaban J connectivity index is 1.51. The van der Waals surface area contributed by atoms with Gasteiger partial charge in [-0.15, -0.1) is 0 Å². The van der Waals surface area contributed by atoms with E-state index in [0.717, 1.165) is 30.4 Å². The zero-order chi connectivity index (χ0) is 17.9. The zero-order valence-corrected chi connectivity index (χ0v) is 15.7. The van der Waals surface area contributed by atoms with Crippen molar-refractivity contribution in [1.82, 2.24) is 0 Å². The van der Waals surface area contributed by atoms with E-state index in [9.17, 15) is 8.78 Å². The van der Waals surface area contributed by atoms with Crippen LogP contribution in [0.5, 0.6) is 5.75 Å². The van der Waals surface area contributed by atoms with Crippen molar-refractivity contribution in [3.8, 4) is 5.75 Å². The van der Waals surface area contributed by atoms with E-state index >= 15 is 0 Å². The van der Waals surface area contributed by atoms with Gasteiger partial charge in [-0.3, -0.25) is 0 Å². The molecule has 25 heavy (non-hydrogen) atoms. The van der Waals surface area contributed by atoms with Gasteiger partial charge in [0.25, 0.3) is 0 Å². The molecule has 0 unspecified atom stereocenters. The third-order valence-electron chi connectivity index (χ3n) is 5.60. The maximum atomic E-state index is 13.1. The Labute approximate surface area is 152 Å². The average molecular weight is 353 g/mol. The van der Waals surface area contributed by atoms with Crippen molar-refractivity contribution >= 4 is 0 Å². The topological polar surface area (TPSA) is 9.23 Å². The summed E-state index contributed by atoms with van der Waals surface area (Å²) >= 11 is 0. The van der Waals surface area contributed by atoms with Gasteiger partial charge in [0.1, 0.15) is 5.75 Å². The fraction of sp³-hybridized carbons (Fsp3) is 0.727. The highest BCUT2D eigenvalue weighted by atomic mass is 19.2. The van der Waals surface area contributed by atoms with Crippen molar-refractivity contribution in [2.45, 2.75) is 84.0 Å². The number of hydrogen-bond donors (Lipinski definition) is 0. The molecule has 1 fully saturated rings. The lowest BCUT2D eigenvalue weighted by Crippen LogP contribution is -2.15. The van der Waals surface area contributed by atoms with Gasteiger partial charge in [-0.25, -0.2) is 8.78 Å². The van der Waals surface area contributed by atoms with Crippen LogP contribution in [0.25, 0.3) is 0 Å². The Morgan fingerprint density at radius 1 is 0.840 bits per heavy atom. The Morgan fingerprint density at radius 3 is 2.12 bits per heavy atom. The normalized spacial score (nSPS) is 20.6. The molecule has 2 rings (SSSR count). The van der Waals surface area contributed by atoms with Crippen LogP contribution in [0.1, 0.15) is 84.0 Å². The maximum absolute atomic E-state index is 13.1. The first-order valence-electron chi connectivity index (χ1n) is 10.3. The van der Waals surface area contributed by atoms with Crippen LogP contribution in [0.3, 0.4) is 0 Å². The predicted molar refractivity (Wildman–Crippen MR) is 99.9 cm³/mol. The molecule has 0 atom stereocenters. The van der Waals surface area contributed by atoms with Gasteiger partial charge in [0.15, 0.2) is 11.6 Å². The molecule has 0 heterocycles. The Bertz CT molecular complexity index is 481. The molecule has 1 nitrogen and oxygen atoms in total. The molecule has 0 radical (unpaired) electrons. The molecule has 0 spiro atoms. The molecular weight excluding hydrogens is 318 g/mol. The van der Waals surface area contributed by atoms with Crippen LogP contribution in [0.15, 0.2) is 18.2 Å². The van der Waals surface area contributed by atoms with Gasteiger partial charge in [0.2, 0.25) is 0 Å². The van der Waals surface area contributed by atoms with Gasteiger partial charge in [0, 0.05) is 6.07 Å². The molecule has 0 saturated heterocycles. The minimum Gasteiger partial charge on any atom is -0.493 e. The highest BCUT2D eigenvalue weighted by molar-refractivity contribution is 5.23. The first kappa shape index (κ1) is 20.2. The molecule has 0 amide bonds. The molecule has 1 aliphatic rings. The van der Waals surface area contributed by atoms with E-state index in [1.807, 2.05) is 0 Å². The second-order valence-corrected chi connectivity index (χ2v) is 7.66. The van der Waals surface area contributed by atoms with Gasteiger partial charge in [0.05, 0.1) is 6.61 Å². The van der Waals surface area contributed by atoms with Gasteiger partial charge >= 0.3 is 0 Å². The molecule has 142 valence electrons. The van der Waals surface area contributed by atoms with Crippen molar-refractivity contribution in [1.29, 1.82) is 0 Å². The molecule has 0 bridgehead atoms. The van der Waals surface area contributed by atoms with E-state index < -0.39 is 11.6 Å². The monoisotopic (exact) mass is 352 g/mol. The second kappa shape index (κ2) is 11.5. The SMILES string of the molecule is CCCCCCCC1CCC(CCCOc2ccc(F)c(F)c2)CC1. The molecular formula is C22H34F2O.